The number of fused-ring (bicyclic) bond motifs is 4. The molecule has 0 aromatic heterocycles. The number of thiocarbonyl (C=S) groups is 1. The molecule has 0 radical (unpaired) electrons. The molecule has 2 aromatic carbocycles. The summed E-state index contributed by atoms with van der Waals surface area (Å²) in [5, 5.41) is 9.78. The summed E-state index contributed by atoms with van der Waals surface area (Å²) in [5.41, 5.74) is 0.681. The Kier molecular flexibility index (Phi) is 3.96. The number of rotatable bonds is 3. The fraction of sp³-hybridized carbons (Fsp3) is 0.263. The molecule has 134 valence electrons. The molecule has 6 nitrogen and oxygen atoms in total. The van der Waals surface area contributed by atoms with E-state index in [9.17, 15) is 4.79 Å². The Morgan fingerprint density at radius 3 is 2.69 bits per heavy atom. The van der Waals surface area contributed by atoms with Crippen molar-refractivity contribution in [1.82, 2.24) is 10.6 Å². The van der Waals surface area contributed by atoms with Gasteiger partial charge in [-0.25, -0.2) is 0 Å². The van der Waals surface area contributed by atoms with Gasteiger partial charge in [0.1, 0.15) is 17.4 Å². The minimum absolute atomic E-state index is 0.153. The molecule has 0 aliphatic carbocycles. The molecular formula is C19H19N3O3S. The molecule has 0 unspecified atom stereocenters. The Morgan fingerprint density at radius 2 is 1.96 bits per heavy atom. The van der Waals surface area contributed by atoms with Crippen molar-refractivity contribution < 1.29 is 14.3 Å². The van der Waals surface area contributed by atoms with Gasteiger partial charge in [0.25, 0.3) is 0 Å². The van der Waals surface area contributed by atoms with Gasteiger partial charge in [-0.2, -0.15) is 0 Å². The van der Waals surface area contributed by atoms with Crippen molar-refractivity contribution in [1.29, 1.82) is 0 Å². The zero-order valence-corrected chi connectivity index (χ0v) is 15.2. The number of methoxy groups -OCH3 is 1. The predicted molar refractivity (Wildman–Crippen MR) is 102 cm³/mol. The summed E-state index contributed by atoms with van der Waals surface area (Å²) in [6.45, 7) is 1.85. The SMILES string of the molecule is COc1ccc(NC(=O)[C@@H]2[C@@H]3NC(=S)N[C@]2(C)Oc2ccccc23)cc1. The van der Waals surface area contributed by atoms with Crippen LogP contribution in [0.15, 0.2) is 48.5 Å². The first-order valence-electron chi connectivity index (χ1n) is 8.32. The first-order chi connectivity index (χ1) is 12.5. The average Bonchev–Trinajstić information content (AvgIpc) is 2.61. The van der Waals surface area contributed by atoms with Crippen LogP contribution in [0.5, 0.6) is 11.5 Å². The van der Waals surface area contributed by atoms with E-state index in [0.717, 1.165) is 17.1 Å². The average molecular weight is 369 g/mol. The van der Waals surface area contributed by atoms with E-state index in [1.807, 2.05) is 31.2 Å². The van der Waals surface area contributed by atoms with E-state index >= 15 is 0 Å². The van der Waals surface area contributed by atoms with E-state index in [1.165, 1.54) is 0 Å². The number of carbonyl (C=O) groups is 1. The van der Waals surface area contributed by atoms with E-state index in [-0.39, 0.29) is 11.9 Å². The highest BCUT2D eigenvalue weighted by Crippen LogP contribution is 2.44. The number of amides is 1. The second-order valence-corrected chi connectivity index (χ2v) is 6.93. The summed E-state index contributed by atoms with van der Waals surface area (Å²) < 4.78 is 11.3. The molecule has 2 aliphatic heterocycles. The Morgan fingerprint density at radius 1 is 1.23 bits per heavy atom. The molecular weight excluding hydrogens is 350 g/mol. The van der Waals surface area contributed by atoms with Crippen LogP contribution < -0.4 is 25.4 Å². The highest BCUT2D eigenvalue weighted by molar-refractivity contribution is 7.80. The van der Waals surface area contributed by atoms with E-state index in [0.29, 0.717) is 10.8 Å². The lowest BCUT2D eigenvalue weighted by molar-refractivity contribution is -0.132. The lowest BCUT2D eigenvalue weighted by Crippen LogP contribution is -2.70. The monoisotopic (exact) mass is 369 g/mol. The quantitative estimate of drug-likeness (QED) is 0.723. The summed E-state index contributed by atoms with van der Waals surface area (Å²) in [6.07, 6.45) is 0. The van der Waals surface area contributed by atoms with Crippen LogP contribution in [-0.4, -0.2) is 23.9 Å². The fourth-order valence-electron chi connectivity index (χ4n) is 3.58. The summed E-state index contributed by atoms with van der Waals surface area (Å²) in [6, 6.07) is 14.6. The standard InChI is InChI=1S/C19H19N3O3S/c1-19-15(17(23)20-11-7-9-12(24-2)10-8-11)16(21-18(26)22-19)13-5-3-4-6-14(13)25-19/h3-10,15-16H,1-2H3,(H,20,23)(H2,21,22,26)/t15-,16+,19+/m0/s1. The minimum atomic E-state index is -0.933. The summed E-state index contributed by atoms with van der Waals surface area (Å²) in [4.78, 5) is 13.1. The third-order valence-electron chi connectivity index (χ3n) is 4.79. The molecule has 2 aliphatic rings. The van der Waals surface area contributed by atoms with Crippen LogP contribution in [0.25, 0.3) is 0 Å². The lowest BCUT2D eigenvalue weighted by atomic mass is 9.80. The molecule has 3 atom stereocenters. The molecule has 0 saturated carbocycles. The highest BCUT2D eigenvalue weighted by Gasteiger charge is 2.54. The first-order valence-corrected chi connectivity index (χ1v) is 8.72. The maximum atomic E-state index is 13.1. The van der Waals surface area contributed by atoms with Crippen molar-refractivity contribution in [3.05, 3.63) is 54.1 Å². The molecule has 1 amide bonds. The molecule has 0 spiro atoms. The number of hydrogen-bond acceptors (Lipinski definition) is 4. The zero-order chi connectivity index (χ0) is 18.3. The summed E-state index contributed by atoms with van der Waals surface area (Å²) >= 11 is 5.31. The fourth-order valence-corrected chi connectivity index (χ4v) is 3.91. The van der Waals surface area contributed by atoms with Crippen molar-refractivity contribution in [2.45, 2.75) is 18.7 Å². The van der Waals surface area contributed by atoms with Crippen molar-refractivity contribution in [3.63, 3.8) is 0 Å². The second kappa shape index (κ2) is 6.17. The van der Waals surface area contributed by atoms with Crippen LogP contribution in [0.3, 0.4) is 0 Å². The Labute approximate surface area is 156 Å². The molecule has 7 heteroatoms. The Balaban J connectivity index is 1.66. The third kappa shape index (κ3) is 2.74. The Bertz CT molecular complexity index is 871. The Hall–Kier alpha value is -2.80. The van der Waals surface area contributed by atoms with Gasteiger partial charge < -0.3 is 25.4 Å². The van der Waals surface area contributed by atoms with Crippen molar-refractivity contribution >= 4 is 28.9 Å². The van der Waals surface area contributed by atoms with Crippen molar-refractivity contribution in [2.24, 2.45) is 5.92 Å². The van der Waals surface area contributed by atoms with Crippen LogP contribution in [0.1, 0.15) is 18.5 Å². The van der Waals surface area contributed by atoms with Gasteiger partial charge in [0, 0.05) is 11.3 Å². The largest absolute Gasteiger partial charge is 0.497 e. The number of hydrogen-bond donors (Lipinski definition) is 3. The molecule has 2 aromatic rings. The van der Waals surface area contributed by atoms with Crippen LogP contribution in [-0.2, 0) is 4.79 Å². The molecule has 26 heavy (non-hydrogen) atoms. The lowest BCUT2D eigenvalue weighted by Gasteiger charge is -2.50. The predicted octanol–water partition coefficient (Wildman–Crippen LogP) is 2.58. The van der Waals surface area contributed by atoms with Crippen molar-refractivity contribution in [2.75, 3.05) is 12.4 Å². The van der Waals surface area contributed by atoms with E-state index in [4.69, 9.17) is 21.7 Å². The smallest absolute Gasteiger partial charge is 0.236 e. The molecule has 4 rings (SSSR count). The van der Waals surface area contributed by atoms with Crippen LogP contribution in [0.2, 0.25) is 0 Å². The van der Waals surface area contributed by atoms with Gasteiger partial charge >= 0.3 is 0 Å². The molecule has 2 heterocycles. The van der Waals surface area contributed by atoms with Crippen LogP contribution in [0.4, 0.5) is 5.69 Å². The highest BCUT2D eigenvalue weighted by atomic mass is 32.1. The zero-order valence-electron chi connectivity index (χ0n) is 14.4. The number of anilines is 1. The maximum Gasteiger partial charge on any atom is 0.236 e. The van der Waals surface area contributed by atoms with Gasteiger partial charge in [0.2, 0.25) is 5.91 Å². The number of ether oxygens (including phenoxy) is 2. The summed E-state index contributed by atoms with van der Waals surface area (Å²) in [5.74, 6) is 0.817. The summed E-state index contributed by atoms with van der Waals surface area (Å²) in [7, 11) is 1.60. The van der Waals surface area contributed by atoms with E-state index in [1.54, 1.807) is 31.4 Å². The van der Waals surface area contributed by atoms with Gasteiger partial charge in [-0.3, -0.25) is 4.79 Å². The molecule has 2 bridgehead atoms. The number of nitrogens with one attached hydrogen (secondary N) is 3. The minimum Gasteiger partial charge on any atom is -0.497 e. The van der Waals surface area contributed by atoms with E-state index < -0.39 is 11.6 Å². The third-order valence-corrected chi connectivity index (χ3v) is 5.01. The van der Waals surface area contributed by atoms with Crippen LogP contribution >= 0.6 is 12.2 Å². The number of benzene rings is 2. The number of para-hydroxylation sites is 1. The topological polar surface area (TPSA) is 71.6 Å². The molecule has 1 fully saturated rings. The van der Waals surface area contributed by atoms with Crippen molar-refractivity contribution in [3.8, 4) is 11.5 Å². The van der Waals surface area contributed by atoms with Gasteiger partial charge in [0.05, 0.1) is 13.2 Å². The van der Waals surface area contributed by atoms with E-state index in [2.05, 4.69) is 16.0 Å². The maximum absolute atomic E-state index is 13.1. The molecule has 3 N–H and O–H groups in total. The van der Waals surface area contributed by atoms with Gasteiger partial charge in [-0.1, -0.05) is 18.2 Å². The van der Waals surface area contributed by atoms with Crippen LogP contribution in [0, 0.1) is 5.92 Å². The van der Waals surface area contributed by atoms with Gasteiger partial charge in [0.15, 0.2) is 10.8 Å². The molecule has 1 saturated heterocycles. The van der Waals surface area contributed by atoms with Gasteiger partial charge in [-0.15, -0.1) is 0 Å². The first kappa shape index (κ1) is 16.7. The van der Waals surface area contributed by atoms with Gasteiger partial charge in [-0.05, 0) is 49.5 Å². The normalized spacial score (nSPS) is 25.8. The number of carbonyl (C=O) groups excluding carboxylic acids is 1. The second-order valence-electron chi connectivity index (χ2n) is 6.52.